The van der Waals surface area contributed by atoms with Crippen LogP contribution < -0.4 is 0 Å². The number of ether oxygens (including phenoxy) is 1. The molecule has 1 aromatic heterocycles. The Hall–Kier alpha value is -0.830. The molecule has 1 fully saturated rings. The zero-order chi connectivity index (χ0) is 6.81. The number of hydrogen-bond acceptors (Lipinski definition) is 2. The van der Waals surface area contributed by atoms with Crippen molar-refractivity contribution >= 4 is 0 Å². The van der Waals surface area contributed by atoms with Gasteiger partial charge in [-0.15, -0.1) is 0 Å². The SMILES string of the molecule is c1cn(C2CCOC2)cn1. The maximum Gasteiger partial charge on any atom is 0.0949 e. The highest BCUT2D eigenvalue weighted by atomic mass is 16.5. The minimum Gasteiger partial charge on any atom is -0.379 e. The van der Waals surface area contributed by atoms with E-state index in [2.05, 4.69) is 9.55 Å². The van der Waals surface area contributed by atoms with Gasteiger partial charge in [-0.25, -0.2) is 4.98 Å². The van der Waals surface area contributed by atoms with E-state index in [9.17, 15) is 0 Å². The first-order valence-corrected chi connectivity index (χ1v) is 3.52. The van der Waals surface area contributed by atoms with Gasteiger partial charge in [0.1, 0.15) is 0 Å². The van der Waals surface area contributed by atoms with Gasteiger partial charge >= 0.3 is 0 Å². The van der Waals surface area contributed by atoms with E-state index in [4.69, 9.17) is 4.74 Å². The van der Waals surface area contributed by atoms with Crippen LogP contribution >= 0.6 is 0 Å². The second kappa shape index (κ2) is 2.42. The molecular formula is C7H10N2O. The van der Waals surface area contributed by atoms with E-state index in [0.29, 0.717) is 6.04 Å². The number of hydrogen-bond donors (Lipinski definition) is 0. The van der Waals surface area contributed by atoms with Crippen molar-refractivity contribution in [3.8, 4) is 0 Å². The highest BCUT2D eigenvalue weighted by molar-refractivity contribution is 4.82. The van der Waals surface area contributed by atoms with Crippen LogP contribution in [0.25, 0.3) is 0 Å². The van der Waals surface area contributed by atoms with Crippen LogP contribution in [0.5, 0.6) is 0 Å². The maximum atomic E-state index is 5.23. The second-order valence-electron chi connectivity index (χ2n) is 2.53. The lowest BCUT2D eigenvalue weighted by atomic mass is 10.3. The Bertz CT molecular complexity index is 189. The Morgan fingerprint density at radius 3 is 3.20 bits per heavy atom. The molecule has 0 aliphatic carbocycles. The van der Waals surface area contributed by atoms with Gasteiger partial charge < -0.3 is 9.30 Å². The summed E-state index contributed by atoms with van der Waals surface area (Å²) in [6, 6.07) is 0.530. The average Bonchev–Trinajstić information content (AvgIpc) is 2.59. The van der Waals surface area contributed by atoms with Crippen LogP contribution in [-0.2, 0) is 4.74 Å². The van der Waals surface area contributed by atoms with E-state index in [1.165, 1.54) is 0 Å². The van der Waals surface area contributed by atoms with E-state index in [1.54, 1.807) is 6.20 Å². The third kappa shape index (κ3) is 0.926. The fourth-order valence-corrected chi connectivity index (χ4v) is 1.24. The van der Waals surface area contributed by atoms with Crippen molar-refractivity contribution in [2.75, 3.05) is 13.2 Å². The molecule has 2 rings (SSSR count). The molecule has 54 valence electrons. The van der Waals surface area contributed by atoms with Crippen LogP contribution in [0.4, 0.5) is 0 Å². The largest absolute Gasteiger partial charge is 0.379 e. The predicted molar refractivity (Wildman–Crippen MR) is 36.7 cm³/mol. The smallest absolute Gasteiger partial charge is 0.0949 e. The summed E-state index contributed by atoms with van der Waals surface area (Å²) < 4.78 is 7.34. The molecule has 0 N–H and O–H groups in total. The third-order valence-corrected chi connectivity index (χ3v) is 1.85. The van der Waals surface area contributed by atoms with Gasteiger partial charge in [0.2, 0.25) is 0 Å². The molecule has 1 aromatic rings. The highest BCUT2D eigenvalue weighted by Gasteiger charge is 2.15. The van der Waals surface area contributed by atoms with Gasteiger partial charge in [-0.3, -0.25) is 0 Å². The fourth-order valence-electron chi connectivity index (χ4n) is 1.24. The Morgan fingerprint density at radius 2 is 2.60 bits per heavy atom. The molecule has 0 saturated carbocycles. The van der Waals surface area contributed by atoms with E-state index in [-0.39, 0.29) is 0 Å². The second-order valence-corrected chi connectivity index (χ2v) is 2.53. The Kier molecular flexibility index (Phi) is 1.43. The van der Waals surface area contributed by atoms with Crippen LogP contribution in [0.15, 0.2) is 18.7 Å². The Labute approximate surface area is 59.6 Å². The molecule has 1 atom stereocenters. The summed E-state index contributed by atoms with van der Waals surface area (Å²) >= 11 is 0. The minimum absolute atomic E-state index is 0.530. The zero-order valence-electron chi connectivity index (χ0n) is 5.73. The molecule has 0 spiro atoms. The van der Waals surface area contributed by atoms with Crippen LogP contribution in [0.1, 0.15) is 12.5 Å². The van der Waals surface area contributed by atoms with Gasteiger partial charge in [0, 0.05) is 19.0 Å². The maximum absolute atomic E-state index is 5.23. The molecule has 1 aliphatic heterocycles. The normalized spacial score (nSPS) is 25.4. The quantitative estimate of drug-likeness (QED) is 0.575. The number of nitrogens with zero attached hydrogens (tertiary/aromatic N) is 2. The van der Waals surface area contributed by atoms with E-state index < -0.39 is 0 Å². The van der Waals surface area contributed by atoms with Gasteiger partial charge in [-0.05, 0) is 6.42 Å². The number of imidazole rings is 1. The van der Waals surface area contributed by atoms with Gasteiger partial charge in [0.25, 0.3) is 0 Å². The lowest BCUT2D eigenvalue weighted by molar-refractivity contribution is 0.186. The predicted octanol–water partition coefficient (Wildman–Crippen LogP) is 0.844. The van der Waals surface area contributed by atoms with Crippen molar-refractivity contribution < 1.29 is 4.74 Å². The molecule has 1 unspecified atom stereocenters. The standard InChI is InChI=1S/C7H10N2O/c1-4-10-5-7(1)9-3-2-8-6-9/h2-3,6-7H,1,4-5H2. The average molecular weight is 138 g/mol. The van der Waals surface area contributed by atoms with Crippen molar-refractivity contribution in [2.24, 2.45) is 0 Å². The minimum atomic E-state index is 0.530. The molecule has 0 aromatic carbocycles. The molecule has 0 radical (unpaired) electrons. The summed E-state index contributed by atoms with van der Waals surface area (Å²) in [4.78, 5) is 3.97. The summed E-state index contributed by atoms with van der Waals surface area (Å²) in [5.41, 5.74) is 0. The van der Waals surface area contributed by atoms with Gasteiger partial charge in [0.15, 0.2) is 0 Å². The van der Waals surface area contributed by atoms with E-state index in [0.717, 1.165) is 19.6 Å². The molecule has 0 bridgehead atoms. The summed E-state index contributed by atoms with van der Waals surface area (Å²) in [5.74, 6) is 0. The first-order chi connectivity index (χ1) is 4.97. The third-order valence-electron chi connectivity index (χ3n) is 1.85. The van der Waals surface area contributed by atoms with Crippen molar-refractivity contribution in [1.29, 1.82) is 0 Å². The van der Waals surface area contributed by atoms with Crippen LogP contribution in [-0.4, -0.2) is 22.8 Å². The molecule has 1 aliphatic rings. The number of aromatic nitrogens is 2. The summed E-state index contributed by atoms with van der Waals surface area (Å²) in [6.45, 7) is 1.74. The van der Waals surface area contributed by atoms with E-state index in [1.807, 2.05) is 12.5 Å². The Balaban J connectivity index is 2.12. The molecule has 3 heteroatoms. The zero-order valence-corrected chi connectivity index (χ0v) is 5.73. The van der Waals surface area contributed by atoms with Crippen molar-refractivity contribution in [3.63, 3.8) is 0 Å². The fraction of sp³-hybridized carbons (Fsp3) is 0.571. The molecule has 10 heavy (non-hydrogen) atoms. The van der Waals surface area contributed by atoms with Crippen molar-refractivity contribution in [3.05, 3.63) is 18.7 Å². The van der Waals surface area contributed by atoms with Crippen LogP contribution in [0, 0.1) is 0 Å². The first kappa shape index (κ1) is 5.92. The van der Waals surface area contributed by atoms with Gasteiger partial charge in [0.05, 0.1) is 19.0 Å². The molecule has 3 nitrogen and oxygen atoms in total. The van der Waals surface area contributed by atoms with Crippen LogP contribution in [0.3, 0.4) is 0 Å². The lowest BCUT2D eigenvalue weighted by Gasteiger charge is -2.06. The van der Waals surface area contributed by atoms with Crippen LogP contribution in [0.2, 0.25) is 0 Å². The monoisotopic (exact) mass is 138 g/mol. The summed E-state index contributed by atoms with van der Waals surface area (Å²) in [5, 5.41) is 0. The topological polar surface area (TPSA) is 27.1 Å². The summed E-state index contributed by atoms with van der Waals surface area (Å²) in [7, 11) is 0. The molecular weight excluding hydrogens is 128 g/mol. The van der Waals surface area contributed by atoms with Gasteiger partial charge in [-0.1, -0.05) is 0 Å². The van der Waals surface area contributed by atoms with Gasteiger partial charge in [-0.2, -0.15) is 0 Å². The lowest BCUT2D eigenvalue weighted by Crippen LogP contribution is -2.05. The highest BCUT2D eigenvalue weighted by Crippen LogP contribution is 2.17. The van der Waals surface area contributed by atoms with E-state index >= 15 is 0 Å². The first-order valence-electron chi connectivity index (χ1n) is 3.52. The number of rotatable bonds is 1. The Morgan fingerprint density at radius 1 is 1.60 bits per heavy atom. The molecule has 0 amide bonds. The van der Waals surface area contributed by atoms with Crippen molar-refractivity contribution in [1.82, 2.24) is 9.55 Å². The molecule has 1 saturated heterocycles. The summed E-state index contributed by atoms with van der Waals surface area (Å²) in [6.07, 6.45) is 6.76. The molecule has 2 heterocycles. The van der Waals surface area contributed by atoms with Crippen molar-refractivity contribution in [2.45, 2.75) is 12.5 Å².